The van der Waals surface area contributed by atoms with Crippen LogP contribution in [-0.4, -0.2) is 44.4 Å². The predicted octanol–water partition coefficient (Wildman–Crippen LogP) is 4.64. The van der Waals surface area contributed by atoms with Crippen molar-refractivity contribution in [3.05, 3.63) is 29.3 Å². The van der Waals surface area contributed by atoms with E-state index < -0.39 is 0 Å². The van der Waals surface area contributed by atoms with Crippen LogP contribution in [0.4, 0.5) is 0 Å². The molecule has 1 aliphatic heterocycles. The first-order valence-electron chi connectivity index (χ1n) is 8.86. The Bertz CT molecular complexity index is 438. The summed E-state index contributed by atoms with van der Waals surface area (Å²) in [5, 5.41) is 0.743. The second kappa shape index (κ2) is 10.2. The third-order valence-electron chi connectivity index (χ3n) is 4.73. The molecule has 1 aromatic rings. The van der Waals surface area contributed by atoms with E-state index in [1.165, 1.54) is 38.8 Å². The van der Waals surface area contributed by atoms with Crippen LogP contribution in [0.1, 0.15) is 39.0 Å². The molecule has 1 heterocycles. The highest BCUT2D eigenvalue weighted by Crippen LogP contribution is 2.24. The molecular weight excluding hydrogens is 310 g/mol. The van der Waals surface area contributed by atoms with Gasteiger partial charge in [0.05, 0.1) is 12.7 Å². The number of rotatable bonds is 9. The van der Waals surface area contributed by atoms with Crippen LogP contribution in [0.25, 0.3) is 0 Å². The van der Waals surface area contributed by atoms with Gasteiger partial charge in [-0.2, -0.15) is 0 Å². The van der Waals surface area contributed by atoms with Crippen molar-refractivity contribution in [2.45, 2.75) is 45.1 Å². The Balaban J connectivity index is 1.71. The molecule has 0 radical (unpaired) electrons. The minimum Gasteiger partial charge on any atom is -0.494 e. The summed E-state index contributed by atoms with van der Waals surface area (Å²) in [6, 6.07) is 7.58. The molecule has 2 rings (SSSR count). The number of halogens is 1. The van der Waals surface area contributed by atoms with E-state index >= 15 is 0 Å². The van der Waals surface area contributed by atoms with Gasteiger partial charge in [-0.25, -0.2) is 0 Å². The number of piperidine rings is 1. The third-order valence-corrected chi connectivity index (χ3v) is 4.98. The van der Waals surface area contributed by atoms with Gasteiger partial charge < -0.3 is 14.4 Å². The van der Waals surface area contributed by atoms with Gasteiger partial charge in [-0.3, -0.25) is 0 Å². The number of benzene rings is 1. The first-order valence-corrected chi connectivity index (χ1v) is 9.24. The van der Waals surface area contributed by atoms with Gasteiger partial charge >= 0.3 is 0 Å². The molecule has 23 heavy (non-hydrogen) atoms. The Morgan fingerprint density at radius 2 is 2.00 bits per heavy atom. The monoisotopic (exact) mass is 339 g/mol. The average Bonchev–Trinajstić information content (AvgIpc) is 2.58. The number of unbranched alkanes of at least 4 members (excludes halogenated alkanes) is 2. The molecule has 0 aliphatic carbocycles. The lowest BCUT2D eigenvalue weighted by atomic mass is 9.91. The van der Waals surface area contributed by atoms with E-state index in [0.717, 1.165) is 30.3 Å². The Kier molecular flexibility index (Phi) is 8.21. The van der Waals surface area contributed by atoms with Crippen LogP contribution in [0, 0.1) is 5.92 Å². The zero-order valence-electron chi connectivity index (χ0n) is 14.5. The molecule has 4 heteroatoms. The zero-order chi connectivity index (χ0) is 16.5. The van der Waals surface area contributed by atoms with Crippen molar-refractivity contribution in [2.75, 3.05) is 33.4 Å². The number of ether oxygens (including phenoxy) is 2. The van der Waals surface area contributed by atoms with E-state index in [-0.39, 0.29) is 0 Å². The molecule has 1 aliphatic rings. The Morgan fingerprint density at radius 1 is 1.22 bits per heavy atom. The predicted molar refractivity (Wildman–Crippen MR) is 96.4 cm³/mol. The second-order valence-electron chi connectivity index (χ2n) is 6.42. The maximum atomic E-state index is 5.89. The molecule has 2 atom stereocenters. The van der Waals surface area contributed by atoms with E-state index in [0.29, 0.717) is 12.0 Å². The highest BCUT2D eigenvalue weighted by Gasteiger charge is 2.28. The maximum absolute atomic E-state index is 5.89. The molecule has 1 saturated heterocycles. The zero-order valence-corrected chi connectivity index (χ0v) is 15.2. The third kappa shape index (κ3) is 6.33. The number of nitrogens with zero attached hydrogens (tertiary/aromatic N) is 1. The first-order chi connectivity index (χ1) is 11.2. The molecule has 0 aromatic heterocycles. The van der Waals surface area contributed by atoms with Crippen LogP contribution in [0.5, 0.6) is 5.75 Å². The van der Waals surface area contributed by atoms with Gasteiger partial charge in [0.15, 0.2) is 0 Å². The van der Waals surface area contributed by atoms with Crippen LogP contribution in [-0.2, 0) is 4.74 Å². The first kappa shape index (κ1) is 18.6. The van der Waals surface area contributed by atoms with E-state index in [4.69, 9.17) is 21.1 Å². The molecule has 0 spiro atoms. The molecule has 0 unspecified atom stereocenters. The molecular formula is C19H30ClNO2. The lowest BCUT2D eigenvalue weighted by Crippen LogP contribution is -2.45. The summed E-state index contributed by atoms with van der Waals surface area (Å²) in [4.78, 5) is 2.56. The summed E-state index contributed by atoms with van der Waals surface area (Å²) in [7, 11) is 1.84. The molecule has 130 valence electrons. The van der Waals surface area contributed by atoms with Gasteiger partial charge in [0, 0.05) is 18.7 Å². The normalized spacial score (nSPS) is 22.2. The SMILES string of the molecule is CCCCCN1CC[C@@H](CCOc2ccc(Cl)cc2)[C@H](OC)C1. The van der Waals surface area contributed by atoms with Crippen molar-refractivity contribution in [1.82, 2.24) is 4.90 Å². The van der Waals surface area contributed by atoms with Crippen LogP contribution in [0.15, 0.2) is 24.3 Å². The minimum atomic E-state index is 0.333. The fourth-order valence-corrected chi connectivity index (χ4v) is 3.40. The van der Waals surface area contributed by atoms with E-state index in [9.17, 15) is 0 Å². The number of hydrogen-bond donors (Lipinski definition) is 0. The van der Waals surface area contributed by atoms with Crippen molar-refractivity contribution in [1.29, 1.82) is 0 Å². The molecule has 0 bridgehead atoms. The average molecular weight is 340 g/mol. The topological polar surface area (TPSA) is 21.7 Å². The lowest BCUT2D eigenvalue weighted by Gasteiger charge is -2.37. The van der Waals surface area contributed by atoms with Gasteiger partial charge in [0.1, 0.15) is 5.75 Å². The Labute approximate surface area is 145 Å². The number of likely N-dealkylation sites (tertiary alicyclic amines) is 1. The van der Waals surface area contributed by atoms with Crippen LogP contribution in [0.3, 0.4) is 0 Å². The highest BCUT2D eigenvalue weighted by atomic mass is 35.5. The number of methoxy groups -OCH3 is 1. The lowest BCUT2D eigenvalue weighted by molar-refractivity contribution is -0.0180. The fourth-order valence-electron chi connectivity index (χ4n) is 3.27. The smallest absolute Gasteiger partial charge is 0.119 e. The van der Waals surface area contributed by atoms with Gasteiger partial charge in [-0.1, -0.05) is 31.4 Å². The standard InChI is InChI=1S/C19H30ClNO2/c1-3-4-5-12-21-13-10-16(19(15-21)22-2)11-14-23-18-8-6-17(20)7-9-18/h6-9,16,19H,3-5,10-15H2,1-2H3/t16-,19+/m0/s1. The van der Waals surface area contributed by atoms with Crippen molar-refractivity contribution < 1.29 is 9.47 Å². The molecule has 3 nitrogen and oxygen atoms in total. The fraction of sp³-hybridized carbons (Fsp3) is 0.684. The molecule has 0 amide bonds. The molecule has 1 aromatic carbocycles. The largest absolute Gasteiger partial charge is 0.494 e. The van der Waals surface area contributed by atoms with Gasteiger partial charge in [0.2, 0.25) is 0 Å². The molecule has 0 saturated carbocycles. The summed E-state index contributed by atoms with van der Waals surface area (Å²) >= 11 is 5.89. The Hall–Kier alpha value is -0.770. The molecule has 1 fully saturated rings. The summed E-state index contributed by atoms with van der Waals surface area (Å²) in [5.74, 6) is 1.48. The summed E-state index contributed by atoms with van der Waals surface area (Å²) < 4.78 is 11.6. The summed E-state index contributed by atoms with van der Waals surface area (Å²) in [5.41, 5.74) is 0. The summed E-state index contributed by atoms with van der Waals surface area (Å²) in [6.45, 7) is 6.45. The van der Waals surface area contributed by atoms with Crippen molar-refractivity contribution >= 4 is 11.6 Å². The van der Waals surface area contributed by atoms with E-state index in [1.54, 1.807) is 0 Å². The molecule has 0 N–H and O–H groups in total. The van der Waals surface area contributed by atoms with Crippen molar-refractivity contribution in [3.8, 4) is 5.75 Å². The van der Waals surface area contributed by atoms with Gasteiger partial charge in [0.25, 0.3) is 0 Å². The quantitative estimate of drug-likeness (QED) is 0.612. The van der Waals surface area contributed by atoms with Crippen LogP contribution in [0.2, 0.25) is 5.02 Å². The van der Waals surface area contributed by atoms with E-state index in [2.05, 4.69) is 11.8 Å². The van der Waals surface area contributed by atoms with E-state index in [1.807, 2.05) is 31.4 Å². The minimum absolute atomic E-state index is 0.333. The van der Waals surface area contributed by atoms with Gasteiger partial charge in [-0.05, 0) is 62.5 Å². The Morgan fingerprint density at radius 3 is 2.70 bits per heavy atom. The summed E-state index contributed by atoms with van der Waals surface area (Å²) in [6.07, 6.45) is 6.49. The van der Waals surface area contributed by atoms with Crippen molar-refractivity contribution in [3.63, 3.8) is 0 Å². The van der Waals surface area contributed by atoms with Crippen molar-refractivity contribution in [2.24, 2.45) is 5.92 Å². The van der Waals surface area contributed by atoms with Crippen LogP contribution < -0.4 is 4.74 Å². The maximum Gasteiger partial charge on any atom is 0.119 e. The van der Waals surface area contributed by atoms with Crippen LogP contribution >= 0.6 is 11.6 Å². The number of hydrogen-bond acceptors (Lipinski definition) is 3. The van der Waals surface area contributed by atoms with Gasteiger partial charge in [-0.15, -0.1) is 0 Å². The second-order valence-corrected chi connectivity index (χ2v) is 6.86. The highest BCUT2D eigenvalue weighted by molar-refractivity contribution is 6.30.